The van der Waals surface area contributed by atoms with E-state index in [1.165, 1.54) is 0 Å². The smallest absolute Gasteiger partial charge is 0.410 e. The van der Waals surface area contributed by atoms with Crippen LogP contribution in [0.5, 0.6) is 0 Å². The van der Waals surface area contributed by atoms with Crippen LogP contribution in [0.1, 0.15) is 45.4 Å². The second-order valence-electron chi connectivity index (χ2n) is 6.91. The highest BCUT2D eigenvalue weighted by Crippen LogP contribution is 2.28. The zero-order valence-corrected chi connectivity index (χ0v) is 14.2. The Hall–Kier alpha value is -2.44. The average Bonchev–Trinajstić information content (AvgIpc) is 3.04. The van der Waals surface area contributed by atoms with Gasteiger partial charge < -0.3 is 14.2 Å². The summed E-state index contributed by atoms with van der Waals surface area (Å²) >= 11 is 0. The van der Waals surface area contributed by atoms with Gasteiger partial charge in [0.05, 0.1) is 0 Å². The molecule has 0 spiro atoms. The molecule has 0 N–H and O–H groups in total. The number of rotatable bonds is 2. The summed E-state index contributed by atoms with van der Waals surface area (Å²) in [5, 5.41) is 4.01. The molecule has 0 aliphatic carbocycles. The van der Waals surface area contributed by atoms with Gasteiger partial charge in [-0.3, -0.25) is 4.98 Å². The fraction of sp³-hybridized carbons (Fsp3) is 0.529. The van der Waals surface area contributed by atoms with E-state index in [4.69, 9.17) is 9.26 Å². The van der Waals surface area contributed by atoms with E-state index in [9.17, 15) is 4.79 Å². The zero-order chi connectivity index (χ0) is 17.2. The molecule has 2 aromatic rings. The molecule has 3 heterocycles. The Kier molecular flexibility index (Phi) is 4.51. The minimum atomic E-state index is -0.474. The molecule has 3 rings (SSSR count). The molecule has 7 heteroatoms. The number of piperidine rings is 1. The predicted octanol–water partition coefficient (Wildman–Crippen LogP) is 3.25. The quantitative estimate of drug-likeness (QED) is 0.841. The maximum Gasteiger partial charge on any atom is 0.410 e. The lowest BCUT2D eigenvalue weighted by molar-refractivity contribution is 0.0198. The molecular weight excluding hydrogens is 308 g/mol. The molecule has 1 saturated heterocycles. The van der Waals surface area contributed by atoms with E-state index >= 15 is 0 Å². The second kappa shape index (κ2) is 6.59. The van der Waals surface area contributed by atoms with E-state index in [0.717, 1.165) is 12.8 Å². The van der Waals surface area contributed by atoms with Crippen LogP contribution in [0.4, 0.5) is 4.79 Å². The van der Waals surface area contributed by atoms with Crippen molar-refractivity contribution in [3.05, 3.63) is 30.3 Å². The van der Waals surface area contributed by atoms with Crippen molar-refractivity contribution in [2.75, 3.05) is 13.1 Å². The third-order valence-electron chi connectivity index (χ3n) is 3.83. The monoisotopic (exact) mass is 330 g/mol. The first-order valence-electron chi connectivity index (χ1n) is 8.15. The highest BCUT2D eigenvalue weighted by molar-refractivity contribution is 5.68. The molecule has 1 amide bonds. The predicted molar refractivity (Wildman–Crippen MR) is 87.3 cm³/mol. The Labute approximate surface area is 141 Å². The highest BCUT2D eigenvalue weighted by atomic mass is 16.6. The van der Waals surface area contributed by atoms with Crippen molar-refractivity contribution in [3.8, 4) is 11.5 Å². The van der Waals surface area contributed by atoms with E-state index in [2.05, 4.69) is 15.1 Å². The number of carbonyl (C=O) groups is 1. The third kappa shape index (κ3) is 3.90. The lowest BCUT2D eigenvalue weighted by atomic mass is 9.97. The van der Waals surface area contributed by atoms with E-state index in [0.29, 0.717) is 30.5 Å². The lowest BCUT2D eigenvalue weighted by Gasteiger charge is -2.32. The van der Waals surface area contributed by atoms with E-state index in [-0.39, 0.29) is 12.0 Å². The number of carbonyl (C=O) groups excluding carboxylic acids is 1. The summed E-state index contributed by atoms with van der Waals surface area (Å²) in [6, 6.07) is 5.58. The van der Waals surface area contributed by atoms with Crippen molar-refractivity contribution < 1.29 is 14.1 Å². The normalized spacial score (nSPS) is 16.2. The highest BCUT2D eigenvalue weighted by Gasteiger charge is 2.30. The maximum atomic E-state index is 12.1. The van der Waals surface area contributed by atoms with Gasteiger partial charge in [-0.05, 0) is 45.7 Å². The molecule has 128 valence electrons. The first kappa shape index (κ1) is 16.4. The summed E-state index contributed by atoms with van der Waals surface area (Å²) in [6.45, 7) is 6.86. The molecule has 0 atom stereocenters. The van der Waals surface area contributed by atoms with E-state index in [1.54, 1.807) is 11.1 Å². The van der Waals surface area contributed by atoms with Gasteiger partial charge in [0.25, 0.3) is 0 Å². The molecule has 0 bridgehead atoms. The summed E-state index contributed by atoms with van der Waals surface area (Å²) < 4.78 is 10.8. The van der Waals surface area contributed by atoms with Gasteiger partial charge in [0.2, 0.25) is 11.7 Å². The second-order valence-corrected chi connectivity index (χ2v) is 6.91. The minimum Gasteiger partial charge on any atom is -0.444 e. The van der Waals surface area contributed by atoms with Crippen molar-refractivity contribution in [1.29, 1.82) is 0 Å². The first-order valence-corrected chi connectivity index (χ1v) is 8.15. The zero-order valence-electron chi connectivity index (χ0n) is 14.2. The van der Waals surface area contributed by atoms with Crippen LogP contribution in [-0.2, 0) is 4.74 Å². The summed E-state index contributed by atoms with van der Waals surface area (Å²) in [6.07, 6.45) is 3.00. The number of amides is 1. The van der Waals surface area contributed by atoms with Crippen LogP contribution < -0.4 is 0 Å². The third-order valence-corrected chi connectivity index (χ3v) is 3.83. The van der Waals surface area contributed by atoms with Crippen molar-refractivity contribution in [2.24, 2.45) is 0 Å². The number of hydrogen-bond donors (Lipinski definition) is 0. The summed E-state index contributed by atoms with van der Waals surface area (Å²) in [5.74, 6) is 1.27. The number of likely N-dealkylation sites (tertiary alicyclic amines) is 1. The Morgan fingerprint density at radius 3 is 2.67 bits per heavy atom. The molecule has 2 aromatic heterocycles. The van der Waals surface area contributed by atoms with Crippen LogP contribution in [0.25, 0.3) is 11.5 Å². The van der Waals surface area contributed by atoms with Crippen LogP contribution in [0, 0.1) is 0 Å². The fourth-order valence-electron chi connectivity index (χ4n) is 2.64. The molecular formula is C17H22N4O3. The molecule has 24 heavy (non-hydrogen) atoms. The number of ether oxygens (including phenoxy) is 1. The van der Waals surface area contributed by atoms with Gasteiger partial charge >= 0.3 is 6.09 Å². The number of nitrogens with zero attached hydrogens (tertiary/aromatic N) is 4. The van der Waals surface area contributed by atoms with Gasteiger partial charge in [-0.15, -0.1) is 0 Å². The average molecular weight is 330 g/mol. The number of aromatic nitrogens is 3. The molecule has 7 nitrogen and oxygen atoms in total. The SMILES string of the molecule is CC(C)(C)OC(=O)N1CCC(c2nc(-c3ccccn3)no2)CC1. The molecule has 1 aliphatic rings. The van der Waals surface area contributed by atoms with Crippen LogP contribution in [0.15, 0.2) is 28.9 Å². The van der Waals surface area contributed by atoms with Gasteiger partial charge in [0, 0.05) is 25.2 Å². The van der Waals surface area contributed by atoms with E-state index in [1.807, 2.05) is 39.0 Å². The molecule has 0 aromatic carbocycles. The fourth-order valence-corrected chi connectivity index (χ4v) is 2.64. The van der Waals surface area contributed by atoms with E-state index < -0.39 is 5.60 Å². The largest absolute Gasteiger partial charge is 0.444 e. The van der Waals surface area contributed by atoms with Crippen molar-refractivity contribution >= 4 is 6.09 Å². The first-order chi connectivity index (χ1) is 11.4. The van der Waals surface area contributed by atoms with Crippen LogP contribution in [0.3, 0.4) is 0 Å². The van der Waals surface area contributed by atoms with Gasteiger partial charge in [-0.1, -0.05) is 11.2 Å². The maximum absolute atomic E-state index is 12.1. The number of hydrogen-bond acceptors (Lipinski definition) is 6. The minimum absolute atomic E-state index is 0.161. The van der Waals surface area contributed by atoms with Gasteiger partial charge in [0.1, 0.15) is 11.3 Å². The van der Waals surface area contributed by atoms with Gasteiger partial charge in [-0.2, -0.15) is 4.98 Å². The molecule has 1 aliphatic heterocycles. The van der Waals surface area contributed by atoms with Crippen LogP contribution in [-0.4, -0.2) is 44.8 Å². The Bertz CT molecular complexity index is 685. The summed E-state index contributed by atoms with van der Waals surface area (Å²) in [5.41, 5.74) is 0.219. The van der Waals surface area contributed by atoms with Gasteiger partial charge in [0.15, 0.2) is 0 Å². The molecule has 0 unspecified atom stereocenters. The summed E-state index contributed by atoms with van der Waals surface area (Å²) in [7, 11) is 0. The van der Waals surface area contributed by atoms with Gasteiger partial charge in [-0.25, -0.2) is 4.79 Å². The topological polar surface area (TPSA) is 81.4 Å². The standard InChI is InChI=1S/C17H22N4O3/c1-17(2,3)23-16(22)21-10-7-12(8-11-21)15-19-14(20-24-15)13-6-4-5-9-18-13/h4-6,9,12H,7-8,10-11H2,1-3H3. The van der Waals surface area contributed by atoms with Crippen LogP contribution >= 0.6 is 0 Å². The van der Waals surface area contributed by atoms with Crippen molar-refractivity contribution in [2.45, 2.75) is 45.1 Å². The number of pyridine rings is 1. The molecule has 0 radical (unpaired) electrons. The molecule has 0 saturated carbocycles. The molecule has 1 fully saturated rings. The Morgan fingerprint density at radius 1 is 1.29 bits per heavy atom. The Morgan fingerprint density at radius 2 is 2.04 bits per heavy atom. The Balaban J connectivity index is 1.59. The summed E-state index contributed by atoms with van der Waals surface area (Å²) in [4.78, 5) is 22.5. The lowest BCUT2D eigenvalue weighted by Crippen LogP contribution is -2.41. The van der Waals surface area contributed by atoms with Crippen molar-refractivity contribution in [3.63, 3.8) is 0 Å². The van der Waals surface area contributed by atoms with Crippen molar-refractivity contribution in [1.82, 2.24) is 20.0 Å². The van der Waals surface area contributed by atoms with Crippen LogP contribution in [0.2, 0.25) is 0 Å².